The van der Waals surface area contributed by atoms with E-state index in [0.717, 1.165) is 71.4 Å². The quantitative estimate of drug-likeness (QED) is 0.0354. The molecule has 8 nitrogen and oxygen atoms in total. The summed E-state index contributed by atoms with van der Waals surface area (Å²) in [5.74, 6) is -0.133. The van der Waals surface area contributed by atoms with Gasteiger partial charge < -0.3 is 35.4 Å². The summed E-state index contributed by atoms with van der Waals surface area (Å²) < 4.78 is 5.52. The van der Waals surface area contributed by atoms with Gasteiger partial charge in [0, 0.05) is 32.7 Å². The Kier molecular flexibility index (Phi) is 54.5. The Balaban J connectivity index is 4.70. The van der Waals surface area contributed by atoms with Crippen molar-refractivity contribution in [1.82, 2.24) is 20.4 Å². The lowest BCUT2D eigenvalue weighted by Gasteiger charge is -2.27. The second-order valence-electron chi connectivity index (χ2n) is 20.7. The number of nitrogens with zero attached hydrogens (tertiary/aromatic N) is 2. The van der Waals surface area contributed by atoms with E-state index in [0.29, 0.717) is 39.2 Å². The first-order valence-electron chi connectivity index (χ1n) is 29.8. The Labute approximate surface area is 413 Å². The third-order valence-corrected chi connectivity index (χ3v) is 13.7. The second-order valence-corrected chi connectivity index (χ2v) is 20.7. The van der Waals surface area contributed by atoms with Crippen LogP contribution >= 0.6 is 0 Å². The topological polar surface area (TPSA) is 97.3 Å². The van der Waals surface area contributed by atoms with E-state index in [2.05, 4.69) is 48.1 Å². The highest BCUT2D eigenvalue weighted by atomic mass is 16.5. The number of carbonyl (C=O) groups is 1. The second kappa shape index (κ2) is 55.2. The molecule has 2 atom stereocenters. The lowest BCUT2D eigenvalue weighted by Crippen LogP contribution is -2.40. The average Bonchev–Trinajstić information content (AvgIpc) is 3.31. The Morgan fingerprint density at radius 2 is 0.652 bits per heavy atom. The van der Waals surface area contributed by atoms with Crippen LogP contribution in [0.15, 0.2) is 0 Å². The van der Waals surface area contributed by atoms with Crippen molar-refractivity contribution in [2.45, 2.75) is 297 Å². The molecule has 0 aliphatic rings. The Hall–Kier alpha value is -0.770. The van der Waals surface area contributed by atoms with Crippen molar-refractivity contribution in [3.63, 3.8) is 0 Å². The predicted octanol–water partition coefficient (Wildman–Crippen LogP) is 14.7. The Morgan fingerprint density at radius 3 is 0.970 bits per heavy atom. The molecule has 0 spiro atoms. The molecular formula is C58H120N4O4. The van der Waals surface area contributed by atoms with E-state index in [-0.39, 0.29) is 12.1 Å². The van der Waals surface area contributed by atoms with Crippen LogP contribution in [0.5, 0.6) is 0 Å². The molecule has 0 aliphatic heterocycles. The van der Waals surface area contributed by atoms with Crippen LogP contribution in [0, 0.1) is 0 Å². The fourth-order valence-corrected chi connectivity index (χ4v) is 9.44. The van der Waals surface area contributed by atoms with Crippen LogP contribution in [0.3, 0.4) is 0 Å². The fourth-order valence-electron chi connectivity index (χ4n) is 9.44. The molecule has 0 aromatic rings. The summed E-state index contributed by atoms with van der Waals surface area (Å²) in [6, 6.07) is 0. The summed E-state index contributed by atoms with van der Waals surface area (Å²) in [5, 5.41) is 28.8. The van der Waals surface area contributed by atoms with Gasteiger partial charge in [0.15, 0.2) is 0 Å². The summed E-state index contributed by atoms with van der Waals surface area (Å²) in [6.45, 7) is 17.8. The van der Waals surface area contributed by atoms with E-state index in [9.17, 15) is 15.0 Å². The number of hydrogen-bond donors (Lipinski definition) is 4. The highest BCUT2D eigenvalue weighted by Gasteiger charge is 2.15. The van der Waals surface area contributed by atoms with Gasteiger partial charge in [-0.2, -0.15) is 0 Å². The number of hydrogen-bond acceptors (Lipinski definition) is 8. The SMILES string of the molecule is CCCCCCCCCCCCCCOC(=O)CCNCC(O)CN(CCCCCCCCCCCCCC)CCCCN(CCCCCCCCCCCCCC)CC(O)CNCCC. The molecule has 4 N–H and O–H groups in total. The average molecular weight is 938 g/mol. The van der Waals surface area contributed by atoms with Gasteiger partial charge in [0.25, 0.3) is 0 Å². The molecule has 0 saturated heterocycles. The third kappa shape index (κ3) is 51.1. The maximum atomic E-state index is 12.4. The van der Waals surface area contributed by atoms with Crippen LogP contribution in [0.25, 0.3) is 0 Å². The van der Waals surface area contributed by atoms with E-state index in [1.807, 2.05) is 0 Å². The number of aliphatic hydroxyl groups is 2. The third-order valence-electron chi connectivity index (χ3n) is 13.7. The van der Waals surface area contributed by atoms with Gasteiger partial charge in [-0.05, 0) is 71.2 Å². The molecule has 0 bridgehead atoms. The lowest BCUT2D eigenvalue weighted by molar-refractivity contribution is -0.143. The van der Waals surface area contributed by atoms with Crippen LogP contribution in [-0.4, -0.2) is 110 Å². The minimum absolute atomic E-state index is 0.133. The predicted molar refractivity (Wildman–Crippen MR) is 289 cm³/mol. The summed E-state index contributed by atoms with van der Waals surface area (Å²) in [6.07, 6.45) is 51.0. The van der Waals surface area contributed by atoms with Gasteiger partial charge in [0.05, 0.1) is 25.2 Å². The molecule has 0 aliphatic carbocycles. The van der Waals surface area contributed by atoms with Gasteiger partial charge in [-0.15, -0.1) is 0 Å². The Morgan fingerprint density at radius 1 is 0.379 bits per heavy atom. The largest absolute Gasteiger partial charge is 0.466 e. The van der Waals surface area contributed by atoms with Gasteiger partial charge in [-0.1, -0.05) is 240 Å². The molecule has 0 amide bonds. The monoisotopic (exact) mass is 937 g/mol. The van der Waals surface area contributed by atoms with E-state index < -0.39 is 6.10 Å². The first-order chi connectivity index (χ1) is 32.5. The first-order valence-corrected chi connectivity index (χ1v) is 29.8. The zero-order valence-electron chi connectivity index (χ0n) is 45.3. The van der Waals surface area contributed by atoms with E-state index in [1.165, 1.54) is 218 Å². The zero-order chi connectivity index (χ0) is 48.1. The molecule has 66 heavy (non-hydrogen) atoms. The number of ether oxygens (including phenoxy) is 1. The number of unbranched alkanes of at least 4 members (excludes halogenated alkanes) is 34. The van der Waals surface area contributed by atoms with Crippen molar-refractivity contribution in [3.8, 4) is 0 Å². The molecule has 0 fully saturated rings. The maximum absolute atomic E-state index is 12.4. The first kappa shape index (κ1) is 65.2. The molecule has 0 heterocycles. The van der Waals surface area contributed by atoms with E-state index >= 15 is 0 Å². The lowest BCUT2D eigenvalue weighted by atomic mass is 10.1. The number of rotatable bonds is 57. The number of esters is 1. The standard InChI is InChI=1S/C58H120N4O4/c1-5-9-12-15-18-21-24-27-30-33-36-39-47-61(54-56(63)52-59-45-8-4)49-41-42-50-62(48-40-37-34-31-28-25-22-19-16-13-10-6-2)55-57(64)53-60-46-44-58(65)66-51-43-38-35-32-29-26-23-20-17-14-11-7-3/h56-57,59-60,63-64H,5-55H2,1-4H3. The van der Waals surface area contributed by atoms with Crippen molar-refractivity contribution in [3.05, 3.63) is 0 Å². The van der Waals surface area contributed by atoms with Crippen LogP contribution in [0.4, 0.5) is 0 Å². The summed E-state index contributed by atoms with van der Waals surface area (Å²) >= 11 is 0. The van der Waals surface area contributed by atoms with Crippen molar-refractivity contribution in [2.75, 3.05) is 72.1 Å². The molecule has 0 saturated carbocycles. The van der Waals surface area contributed by atoms with E-state index in [1.54, 1.807) is 0 Å². The smallest absolute Gasteiger partial charge is 0.307 e. The van der Waals surface area contributed by atoms with Gasteiger partial charge >= 0.3 is 5.97 Å². The van der Waals surface area contributed by atoms with E-state index in [4.69, 9.17) is 4.74 Å². The normalized spacial score (nSPS) is 12.8. The van der Waals surface area contributed by atoms with Crippen LogP contribution in [0.1, 0.15) is 285 Å². The molecule has 8 heteroatoms. The number of carbonyl (C=O) groups excluding carboxylic acids is 1. The fraction of sp³-hybridized carbons (Fsp3) is 0.983. The number of aliphatic hydroxyl groups excluding tert-OH is 2. The molecule has 2 unspecified atom stereocenters. The summed E-state index contributed by atoms with van der Waals surface area (Å²) in [4.78, 5) is 17.4. The molecule has 0 rings (SSSR count). The van der Waals surface area contributed by atoms with Crippen molar-refractivity contribution in [1.29, 1.82) is 0 Å². The Bertz CT molecular complexity index is 928. The highest BCUT2D eigenvalue weighted by molar-refractivity contribution is 5.69. The number of nitrogens with one attached hydrogen (secondary N) is 2. The zero-order valence-corrected chi connectivity index (χ0v) is 45.3. The van der Waals surface area contributed by atoms with Crippen LogP contribution < -0.4 is 10.6 Å². The van der Waals surface area contributed by atoms with Crippen molar-refractivity contribution < 1.29 is 19.7 Å². The summed E-state index contributed by atoms with van der Waals surface area (Å²) in [5.41, 5.74) is 0. The maximum Gasteiger partial charge on any atom is 0.307 e. The molecule has 396 valence electrons. The molecule has 0 aromatic carbocycles. The summed E-state index contributed by atoms with van der Waals surface area (Å²) in [7, 11) is 0. The van der Waals surface area contributed by atoms with Crippen molar-refractivity contribution >= 4 is 5.97 Å². The van der Waals surface area contributed by atoms with Gasteiger partial charge in [0.1, 0.15) is 0 Å². The van der Waals surface area contributed by atoms with Crippen molar-refractivity contribution in [2.24, 2.45) is 0 Å². The van der Waals surface area contributed by atoms with Crippen LogP contribution in [-0.2, 0) is 9.53 Å². The molecule has 0 aromatic heterocycles. The van der Waals surface area contributed by atoms with Gasteiger partial charge in [-0.3, -0.25) is 4.79 Å². The highest BCUT2D eigenvalue weighted by Crippen LogP contribution is 2.16. The van der Waals surface area contributed by atoms with Gasteiger partial charge in [0.2, 0.25) is 0 Å². The molecular weight excluding hydrogens is 817 g/mol. The molecule has 0 radical (unpaired) electrons. The van der Waals surface area contributed by atoms with Crippen LogP contribution in [0.2, 0.25) is 0 Å². The van der Waals surface area contributed by atoms with Gasteiger partial charge in [-0.25, -0.2) is 0 Å². The minimum atomic E-state index is -0.465. The minimum Gasteiger partial charge on any atom is -0.466 e.